The SMILES string of the molecule is CC/C=C\C/C=C\C/C=C\C/C=C\C/C=C\C/C=C\CCC(=O)OC[C@@H](COC(=O)CCCCCCCCCCCCC)OC(=O)CCCCCCC/C=C\C/C=C\C/C=C\CC. The Morgan fingerprint density at radius 3 is 1.06 bits per heavy atom. The van der Waals surface area contributed by atoms with Gasteiger partial charge in [-0.05, 0) is 89.9 Å². The number of esters is 3. The second kappa shape index (κ2) is 50.7. The molecule has 0 radical (unpaired) electrons. The van der Waals surface area contributed by atoms with E-state index in [1.807, 2.05) is 12.2 Å². The van der Waals surface area contributed by atoms with E-state index in [0.717, 1.165) is 116 Å². The predicted molar refractivity (Wildman–Crippen MR) is 270 cm³/mol. The van der Waals surface area contributed by atoms with Gasteiger partial charge in [0.05, 0.1) is 0 Å². The Hall–Kier alpha value is -3.93. The summed E-state index contributed by atoms with van der Waals surface area (Å²) in [4.78, 5) is 37.9. The molecular weight excluding hydrogens is 781 g/mol. The molecule has 0 aromatic carbocycles. The lowest BCUT2D eigenvalue weighted by molar-refractivity contribution is -0.166. The molecule has 356 valence electrons. The first kappa shape index (κ1) is 59.1. The summed E-state index contributed by atoms with van der Waals surface area (Å²) in [5.74, 6) is -1.02. The normalized spacial score (nSPS) is 13.0. The Morgan fingerprint density at radius 1 is 0.333 bits per heavy atom. The van der Waals surface area contributed by atoms with Crippen LogP contribution in [0.2, 0.25) is 0 Å². The minimum absolute atomic E-state index is 0.109. The molecule has 0 unspecified atom stereocenters. The summed E-state index contributed by atoms with van der Waals surface area (Å²) in [6.07, 6.45) is 68.0. The number of allylic oxidation sites excluding steroid dienone is 18. The van der Waals surface area contributed by atoms with Gasteiger partial charge in [0.2, 0.25) is 0 Å². The van der Waals surface area contributed by atoms with Crippen LogP contribution in [0.25, 0.3) is 0 Å². The van der Waals surface area contributed by atoms with Crippen molar-refractivity contribution in [3.63, 3.8) is 0 Å². The summed E-state index contributed by atoms with van der Waals surface area (Å²) in [5, 5.41) is 0. The second-order valence-electron chi connectivity index (χ2n) is 16.3. The van der Waals surface area contributed by atoms with Crippen LogP contribution in [0.15, 0.2) is 109 Å². The van der Waals surface area contributed by atoms with Crippen LogP contribution in [-0.2, 0) is 28.6 Å². The Labute approximate surface area is 387 Å². The topological polar surface area (TPSA) is 78.9 Å². The Bertz CT molecular complexity index is 1330. The summed E-state index contributed by atoms with van der Waals surface area (Å²) < 4.78 is 16.7. The van der Waals surface area contributed by atoms with Crippen molar-refractivity contribution in [2.45, 2.75) is 219 Å². The quantitative estimate of drug-likeness (QED) is 0.0263. The first-order valence-corrected chi connectivity index (χ1v) is 25.4. The number of hydrogen-bond donors (Lipinski definition) is 0. The van der Waals surface area contributed by atoms with E-state index in [9.17, 15) is 14.4 Å². The summed E-state index contributed by atoms with van der Waals surface area (Å²) in [5.41, 5.74) is 0. The van der Waals surface area contributed by atoms with Crippen LogP contribution in [0, 0.1) is 0 Å². The number of carbonyl (C=O) groups is 3. The molecule has 0 fully saturated rings. The third-order valence-electron chi connectivity index (χ3n) is 10.3. The van der Waals surface area contributed by atoms with Gasteiger partial charge in [0.1, 0.15) is 13.2 Å². The molecule has 0 heterocycles. The van der Waals surface area contributed by atoms with Crippen molar-refractivity contribution in [1.29, 1.82) is 0 Å². The molecule has 6 heteroatoms. The Balaban J connectivity index is 4.53. The molecule has 0 spiro atoms. The molecule has 0 aromatic heterocycles. The van der Waals surface area contributed by atoms with Gasteiger partial charge in [0, 0.05) is 19.3 Å². The molecule has 0 aliphatic heterocycles. The van der Waals surface area contributed by atoms with Crippen LogP contribution >= 0.6 is 0 Å². The van der Waals surface area contributed by atoms with Crippen molar-refractivity contribution in [1.82, 2.24) is 0 Å². The highest BCUT2D eigenvalue weighted by atomic mass is 16.6. The first-order chi connectivity index (χ1) is 31.0. The van der Waals surface area contributed by atoms with Gasteiger partial charge in [-0.3, -0.25) is 14.4 Å². The van der Waals surface area contributed by atoms with Gasteiger partial charge >= 0.3 is 17.9 Å². The molecule has 0 aliphatic rings. The van der Waals surface area contributed by atoms with Crippen LogP contribution in [0.4, 0.5) is 0 Å². The van der Waals surface area contributed by atoms with Gasteiger partial charge in [0.15, 0.2) is 6.10 Å². The van der Waals surface area contributed by atoms with E-state index in [-0.39, 0.29) is 37.5 Å². The highest BCUT2D eigenvalue weighted by molar-refractivity contribution is 5.71. The predicted octanol–water partition coefficient (Wildman–Crippen LogP) is 16.8. The summed E-state index contributed by atoms with van der Waals surface area (Å²) in [6.45, 7) is 6.31. The summed E-state index contributed by atoms with van der Waals surface area (Å²) in [7, 11) is 0. The van der Waals surface area contributed by atoms with Gasteiger partial charge < -0.3 is 14.2 Å². The van der Waals surface area contributed by atoms with Gasteiger partial charge in [-0.15, -0.1) is 0 Å². The van der Waals surface area contributed by atoms with Crippen LogP contribution < -0.4 is 0 Å². The molecule has 0 saturated carbocycles. The Kier molecular flexibility index (Phi) is 47.5. The molecule has 1 atom stereocenters. The smallest absolute Gasteiger partial charge is 0.306 e. The fraction of sp³-hybridized carbons (Fsp3) is 0.632. The zero-order valence-electron chi connectivity index (χ0n) is 40.5. The second-order valence-corrected chi connectivity index (χ2v) is 16.3. The highest BCUT2D eigenvalue weighted by Gasteiger charge is 2.19. The van der Waals surface area contributed by atoms with Gasteiger partial charge in [-0.25, -0.2) is 0 Å². The van der Waals surface area contributed by atoms with Crippen molar-refractivity contribution >= 4 is 17.9 Å². The monoisotopic (exact) mass is 873 g/mol. The van der Waals surface area contributed by atoms with Crippen LogP contribution in [0.1, 0.15) is 213 Å². The van der Waals surface area contributed by atoms with Crippen LogP contribution in [0.5, 0.6) is 0 Å². The molecule has 0 rings (SSSR count). The number of rotatable bonds is 44. The standard InChI is InChI=1S/C57H92O6/c1-4-7-10-13-16-19-22-24-26-27-28-29-31-32-35-38-41-44-47-50-56(59)62-53-54(52-61-55(58)49-46-43-40-37-34-21-18-15-12-9-6-3)63-57(60)51-48-45-42-39-36-33-30-25-23-20-17-14-11-8-5-2/h7-8,10-11,16-17,19-20,24-26,28-30,32,35,41,44,54H,4-6,9,12-15,18,21-23,27,31,33-34,36-40,42-43,45-53H2,1-3H3/b10-7-,11-8-,19-16-,20-17-,26-24-,29-28-,30-25-,35-32-,44-41-/t54-/m1/s1. The minimum Gasteiger partial charge on any atom is -0.462 e. The summed E-state index contributed by atoms with van der Waals surface area (Å²) in [6, 6.07) is 0. The van der Waals surface area contributed by atoms with E-state index in [0.29, 0.717) is 19.3 Å². The lowest BCUT2D eigenvalue weighted by Gasteiger charge is -2.18. The van der Waals surface area contributed by atoms with Gasteiger partial charge in [-0.1, -0.05) is 214 Å². The maximum atomic E-state index is 12.8. The van der Waals surface area contributed by atoms with Gasteiger partial charge in [-0.2, -0.15) is 0 Å². The van der Waals surface area contributed by atoms with Crippen molar-refractivity contribution < 1.29 is 28.6 Å². The number of unbranched alkanes of at least 4 members (excludes halogenated alkanes) is 15. The van der Waals surface area contributed by atoms with Crippen molar-refractivity contribution in [2.75, 3.05) is 13.2 Å². The van der Waals surface area contributed by atoms with Crippen molar-refractivity contribution in [3.8, 4) is 0 Å². The fourth-order valence-electron chi connectivity index (χ4n) is 6.54. The Morgan fingerprint density at radius 2 is 0.651 bits per heavy atom. The van der Waals surface area contributed by atoms with E-state index >= 15 is 0 Å². The molecular formula is C57H92O6. The minimum atomic E-state index is -0.817. The van der Waals surface area contributed by atoms with E-state index in [2.05, 4.69) is 118 Å². The molecule has 6 nitrogen and oxygen atoms in total. The highest BCUT2D eigenvalue weighted by Crippen LogP contribution is 2.13. The van der Waals surface area contributed by atoms with Crippen LogP contribution in [-0.4, -0.2) is 37.2 Å². The van der Waals surface area contributed by atoms with E-state index in [1.54, 1.807) is 0 Å². The first-order valence-electron chi connectivity index (χ1n) is 25.4. The number of hydrogen-bond acceptors (Lipinski definition) is 6. The third kappa shape index (κ3) is 49.0. The fourth-order valence-corrected chi connectivity index (χ4v) is 6.54. The van der Waals surface area contributed by atoms with Crippen molar-refractivity contribution in [3.05, 3.63) is 109 Å². The number of ether oxygens (including phenoxy) is 3. The lowest BCUT2D eigenvalue weighted by atomic mass is 10.1. The molecule has 0 bridgehead atoms. The lowest BCUT2D eigenvalue weighted by Crippen LogP contribution is -2.30. The molecule has 0 N–H and O–H groups in total. The maximum absolute atomic E-state index is 12.8. The number of carbonyl (C=O) groups excluding carboxylic acids is 3. The molecule has 0 amide bonds. The average Bonchev–Trinajstić information content (AvgIpc) is 3.28. The zero-order chi connectivity index (χ0) is 45.8. The zero-order valence-corrected chi connectivity index (χ0v) is 40.5. The molecule has 0 aromatic rings. The molecule has 0 aliphatic carbocycles. The van der Waals surface area contributed by atoms with E-state index in [1.165, 1.54) is 51.4 Å². The van der Waals surface area contributed by atoms with Gasteiger partial charge in [0.25, 0.3) is 0 Å². The molecule has 63 heavy (non-hydrogen) atoms. The molecule has 0 saturated heterocycles. The average molecular weight is 873 g/mol. The van der Waals surface area contributed by atoms with E-state index < -0.39 is 6.10 Å². The van der Waals surface area contributed by atoms with Crippen LogP contribution in [0.3, 0.4) is 0 Å². The largest absolute Gasteiger partial charge is 0.462 e. The van der Waals surface area contributed by atoms with E-state index in [4.69, 9.17) is 14.2 Å². The third-order valence-corrected chi connectivity index (χ3v) is 10.3. The van der Waals surface area contributed by atoms with Crippen molar-refractivity contribution in [2.24, 2.45) is 0 Å². The maximum Gasteiger partial charge on any atom is 0.306 e. The summed E-state index contributed by atoms with van der Waals surface area (Å²) >= 11 is 0.